The summed E-state index contributed by atoms with van der Waals surface area (Å²) >= 11 is 1.29. The molecule has 4 aromatic rings. The van der Waals surface area contributed by atoms with Gasteiger partial charge in [0.05, 0.1) is 25.7 Å². The minimum Gasteiger partial charge on any atom is -0.497 e. The van der Waals surface area contributed by atoms with Gasteiger partial charge >= 0.3 is 0 Å². The van der Waals surface area contributed by atoms with Gasteiger partial charge < -0.3 is 9.47 Å². The number of thioether (sulfide) groups is 1. The summed E-state index contributed by atoms with van der Waals surface area (Å²) in [6, 6.07) is 23.5. The van der Waals surface area contributed by atoms with E-state index in [2.05, 4.69) is 65.8 Å². The number of methoxy groups -OCH3 is 1. The average molecular weight is 544 g/mol. The lowest BCUT2D eigenvalue weighted by molar-refractivity contribution is -0.118. The monoisotopic (exact) mass is 543 g/mol. The van der Waals surface area contributed by atoms with Crippen LogP contribution in [0.25, 0.3) is 17.1 Å². The Labute approximate surface area is 233 Å². The van der Waals surface area contributed by atoms with Gasteiger partial charge in [0.15, 0.2) is 11.0 Å². The summed E-state index contributed by atoms with van der Waals surface area (Å²) in [4.78, 5) is 12.6. The van der Waals surface area contributed by atoms with Crippen LogP contribution >= 0.6 is 11.8 Å². The van der Waals surface area contributed by atoms with Crippen molar-refractivity contribution >= 4 is 23.9 Å². The summed E-state index contributed by atoms with van der Waals surface area (Å²) in [7, 11) is 1.63. The number of nitrogens with one attached hydrogen (secondary N) is 1. The van der Waals surface area contributed by atoms with Crippen molar-refractivity contribution in [3.05, 3.63) is 83.9 Å². The third-order valence-electron chi connectivity index (χ3n) is 5.92. The van der Waals surface area contributed by atoms with Crippen molar-refractivity contribution < 1.29 is 14.3 Å². The quantitative estimate of drug-likeness (QED) is 0.153. The summed E-state index contributed by atoms with van der Waals surface area (Å²) in [6.45, 7) is 9.02. The lowest BCUT2D eigenvalue weighted by atomic mass is 9.87. The molecular formula is C30H33N5O3S. The molecule has 0 fully saturated rings. The van der Waals surface area contributed by atoms with E-state index in [0.29, 0.717) is 23.3 Å². The van der Waals surface area contributed by atoms with Gasteiger partial charge in [-0.2, -0.15) is 5.10 Å². The first kappa shape index (κ1) is 27.9. The zero-order valence-electron chi connectivity index (χ0n) is 22.8. The Balaban J connectivity index is 1.53. The number of amides is 1. The summed E-state index contributed by atoms with van der Waals surface area (Å²) in [6.07, 6.45) is 1.58. The molecular weight excluding hydrogens is 510 g/mol. The van der Waals surface area contributed by atoms with Crippen LogP contribution in [0.3, 0.4) is 0 Å². The van der Waals surface area contributed by atoms with Gasteiger partial charge in [0.2, 0.25) is 0 Å². The van der Waals surface area contributed by atoms with E-state index in [0.717, 1.165) is 22.6 Å². The highest BCUT2D eigenvalue weighted by Gasteiger charge is 2.19. The predicted molar refractivity (Wildman–Crippen MR) is 156 cm³/mol. The first-order valence-electron chi connectivity index (χ1n) is 12.7. The van der Waals surface area contributed by atoms with Crippen LogP contribution < -0.4 is 14.9 Å². The molecule has 0 spiro atoms. The molecule has 8 nitrogen and oxygen atoms in total. The van der Waals surface area contributed by atoms with Gasteiger partial charge in [0, 0.05) is 16.8 Å². The highest BCUT2D eigenvalue weighted by Crippen LogP contribution is 2.30. The van der Waals surface area contributed by atoms with Gasteiger partial charge in [-0.1, -0.05) is 68.9 Å². The van der Waals surface area contributed by atoms with Crippen molar-refractivity contribution in [3.8, 4) is 28.6 Å². The van der Waals surface area contributed by atoms with Gasteiger partial charge in [0.25, 0.3) is 5.91 Å². The lowest BCUT2D eigenvalue weighted by Gasteiger charge is -2.19. The molecule has 1 aromatic heterocycles. The van der Waals surface area contributed by atoms with Gasteiger partial charge in [-0.05, 0) is 54.3 Å². The summed E-state index contributed by atoms with van der Waals surface area (Å²) in [5.41, 5.74) is 6.45. The Morgan fingerprint density at radius 2 is 1.74 bits per heavy atom. The van der Waals surface area contributed by atoms with Crippen LogP contribution in [-0.2, 0) is 10.2 Å². The van der Waals surface area contributed by atoms with Crippen LogP contribution in [0.1, 0.15) is 38.8 Å². The van der Waals surface area contributed by atoms with E-state index in [1.807, 2.05) is 60.0 Å². The number of nitrogens with zero attached hydrogens (tertiary/aromatic N) is 4. The molecule has 0 aliphatic rings. The molecule has 39 heavy (non-hydrogen) atoms. The zero-order chi connectivity index (χ0) is 27.8. The maximum atomic E-state index is 12.6. The van der Waals surface area contributed by atoms with Crippen molar-refractivity contribution in [1.82, 2.24) is 20.2 Å². The van der Waals surface area contributed by atoms with Crippen LogP contribution in [0.15, 0.2) is 83.1 Å². The Kier molecular flexibility index (Phi) is 9.03. The number of para-hydroxylation sites is 1. The summed E-state index contributed by atoms with van der Waals surface area (Å²) in [5, 5.41) is 13.6. The molecule has 0 aliphatic carbocycles. The number of carbonyl (C=O) groups excluding carboxylic acids is 1. The molecule has 1 amide bonds. The van der Waals surface area contributed by atoms with Crippen molar-refractivity contribution in [2.24, 2.45) is 5.10 Å². The number of benzene rings is 3. The van der Waals surface area contributed by atoms with E-state index in [9.17, 15) is 4.79 Å². The van der Waals surface area contributed by atoms with E-state index in [-0.39, 0.29) is 17.1 Å². The number of hydrogen-bond acceptors (Lipinski definition) is 7. The first-order chi connectivity index (χ1) is 18.8. The Morgan fingerprint density at radius 3 is 2.41 bits per heavy atom. The molecule has 1 heterocycles. The van der Waals surface area contributed by atoms with Crippen LogP contribution in [0.5, 0.6) is 11.5 Å². The smallest absolute Gasteiger partial charge is 0.250 e. The first-order valence-corrected chi connectivity index (χ1v) is 13.7. The normalized spacial score (nSPS) is 11.5. The second-order valence-electron chi connectivity index (χ2n) is 9.72. The van der Waals surface area contributed by atoms with E-state index in [1.165, 1.54) is 17.3 Å². The second kappa shape index (κ2) is 12.6. The standard InChI is InChI=1S/C30H33N5O3S/c1-6-38-26-10-8-7-9-22(26)19-31-32-27(36)20-39-29-34-33-28(21-11-13-23(14-12-21)30(2,3)4)35(29)24-15-17-25(37-5)18-16-24/h7-19H,6,20H2,1-5H3,(H,32,36). The Hall–Kier alpha value is -4.11. The topological polar surface area (TPSA) is 90.6 Å². The molecule has 0 unspecified atom stereocenters. The number of hydrazone groups is 1. The largest absolute Gasteiger partial charge is 0.497 e. The van der Waals surface area contributed by atoms with Crippen molar-refractivity contribution in [1.29, 1.82) is 0 Å². The van der Waals surface area contributed by atoms with Gasteiger partial charge in [-0.3, -0.25) is 9.36 Å². The number of rotatable bonds is 10. The number of carbonyl (C=O) groups is 1. The van der Waals surface area contributed by atoms with Crippen LogP contribution in [0, 0.1) is 0 Å². The fourth-order valence-electron chi connectivity index (χ4n) is 3.84. The molecule has 1 N–H and O–H groups in total. The summed E-state index contributed by atoms with van der Waals surface area (Å²) < 4.78 is 12.9. The second-order valence-corrected chi connectivity index (χ2v) is 10.7. The molecule has 3 aromatic carbocycles. The Bertz CT molecular complexity index is 1420. The molecule has 0 aliphatic heterocycles. The fourth-order valence-corrected chi connectivity index (χ4v) is 4.59. The van der Waals surface area contributed by atoms with Crippen molar-refractivity contribution in [2.75, 3.05) is 19.5 Å². The SMILES string of the molecule is CCOc1ccccc1C=NNC(=O)CSc1nnc(-c2ccc(C(C)(C)C)cc2)n1-c1ccc(OC)cc1. The average Bonchev–Trinajstić information content (AvgIpc) is 3.36. The third-order valence-corrected chi connectivity index (χ3v) is 6.85. The van der Waals surface area contributed by atoms with E-state index in [1.54, 1.807) is 13.3 Å². The van der Waals surface area contributed by atoms with E-state index < -0.39 is 0 Å². The van der Waals surface area contributed by atoms with Gasteiger partial charge in [0.1, 0.15) is 11.5 Å². The lowest BCUT2D eigenvalue weighted by Crippen LogP contribution is -2.20. The summed E-state index contributed by atoms with van der Waals surface area (Å²) in [5.74, 6) is 2.00. The van der Waals surface area contributed by atoms with Crippen LogP contribution in [0.2, 0.25) is 0 Å². The maximum absolute atomic E-state index is 12.6. The highest BCUT2D eigenvalue weighted by molar-refractivity contribution is 7.99. The number of hydrogen-bond donors (Lipinski definition) is 1. The fraction of sp³-hybridized carbons (Fsp3) is 0.267. The molecule has 0 radical (unpaired) electrons. The van der Waals surface area contributed by atoms with Crippen molar-refractivity contribution in [2.45, 2.75) is 38.3 Å². The zero-order valence-corrected chi connectivity index (χ0v) is 23.7. The van der Waals surface area contributed by atoms with Gasteiger partial charge in [-0.15, -0.1) is 10.2 Å². The molecule has 202 valence electrons. The number of ether oxygens (including phenoxy) is 2. The molecule has 0 saturated heterocycles. The number of aromatic nitrogens is 3. The van der Waals surface area contributed by atoms with E-state index in [4.69, 9.17) is 9.47 Å². The predicted octanol–water partition coefficient (Wildman–Crippen LogP) is 5.88. The minimum atomic E-state index is -0.259. The minimum absolute atomic E-state index is 0.0458. The Morgan fingerprint density at radius 1 is 1.03 bits per heavy atom. The molecule has 0 atom stereocenters. The van der Waals surface area contributed by atoms with Gasteiger partial charge in [-0.25, -0.2) is 5.43 Å². The molecule has 4 rings (SSSR count). The maximum Gasteiger partial charge on any atom is 0.250 e. The molecule has 9 heteroatoms. The molecule has 0 bridgehead atoms. The third kappa shape index (κ3) is 7.06. The van der Waals surface area contributed by atoms with Crippen molar-refractivity contribution in [3.63, 3.8) is 0 Å². The van der Waals surface area contributed by atoms with E-state index >= 15 is 0 Å². The highest BCUT2D eigenvalue weighted by atomic mass is 32.2. The molecule has 0 saturated carbocycles. The van der Waals surface area contributed by atoms with Crippen LogP contribution in [0.4, 0.5) is 0 Å². The van der Waals surface area contributed by atoms with Crippen LogP contribution in [-0.4, -0.2) is 46.4 Å².